The van der Waals surface area contributed by atoms with Crippen LogP contribution in [0.3, 0.4) is 0 Å². The lowest BCUT2D eigenvalue weighted by atomic mass is 10.1. The SMILES string of the molecule is CNC(=O)c1ccc(CN(C)C(C)C(=O)Nc2cc(F)ccc2C)cc1. The van der Waals surface area contributed by atoms with Gasteiger partial charge in [0.25, 0.3) is 5.91 Å². The summed E-state index contributed by atoms with van der Waals surface area (Å²) in [5.41, 5.74) is 2.86. The van der Waals surface area contributed by atoms with Gasteiger partial charge in [-0.25, -0.2) is 4.39 Å². The van der Waals surface area contributed by atoms with Crippen LogP contribution in [0.4, 0.5) is 10.1 Å². The molecule has 0 aromatic heterocycles. The Hall–Kier alpha value is -2.73. The fourth-order valence-corrected chi connectivity index (χ4v) is 2.50. The van der Waals surface area contributed by atoms with Crippen molar-refractivity contribution >= 4 is 17.5 Å². The van der Waals surface area contributed by atoms with E-state index >= 15 is 0 Å². The second-order valence-electron chi connectivity index (χ2n) is 6.32. The summed E-state index contributed by atoms with van der Waals surface area (Å²) in [4.78, 5) is 25.9. The smallest absolute Gasteiger partial charge is 0.251 e. The number of rotatable bonds is 6. The highest BCUT2D eigenvalue weighted by Gasteiger charge is 2.19. The highest BCUT2D eigenvalue weighted by molar-refractivity contribution is 5.95. The monoisotopic (exact) mass is 357 g/mol. The Kier molecular flexibility index (Phi) is 6.46. The molecule has 6 heteroatoms. The third-order valence-corrected chi connectivity index (χ3v) is 4.37. The van der Waals surface area contributed by atoms with Gasteiger partial charge in [0.15, 0.2) is 0 Å². The number of nitrogens with zero attached hydrogens (tertiary/aromatic N) is 1. The van der Waals surface area contributed by atoms with Gasteiger partial charge in [-0.1, -0.05) is 18.2 Å². The van der Waals surface area contributed by atoms with Gasteiger partial charge in [-0.3, -0.25) is 14.5 Å². The van der Waals surface area contributed by atoms with E-state index in [9.17, 15) is 14.0 Å². The molecule has 0 aliphatic heterocycles. The first-order chi connectivity index (χ1) is 12.3. The fraction of sp³-hybridized carbons (Fsp3) is 0.300. The molecule has 5 nitrogen and oxygen atoms in total. The molecule has 0 saturated carbocycles. The molecule has 138 valence electrons. The van der Waals surface area contributed by atoms with Crippen LogP contribution in [0.15, 0.2) is 42.5 Å². The van der Waals surface area contributed by atoms with Crippen molar-refractivity contribution in [2.24, 2.45) is 0 Å². The van der Waals surface area contributed by atoms with Crippen LogP contribution >= 0.6 is 0 Å². The summed E-state index contributed by atoms with van der Waals surface area (Å²) in [7, 11) is 3.43. The standard InChI is InChI=1S/C20H24FN3O2/c1-13-5-10-17(21)11-18(13)23-19(25)14(2)24(4)12-15-6-8-16(9-7-15)20(26)22-3/h5-11,14H,12H2,1-4H3,(H,22,26)(H,23,25). The summed E-state index contributed by atoms with van der Waals surface area (Å²) >= 11 is 0. The van der Waals surface area contributed by atoms with Gasteiger partial charge < -0.3 is 10.6 Å². The molecule has 0 fully saturated rings. The van der Waals surface area contributed by atoms with E-state index in [0.717, 1.165) is 11.1 Å². The molecule has 0 saturated heterocycles. The van der Waals surface area contributed by atoms with Crippen LogP contribution in [0.25, 0.3) is 0 Å². The molecule has 1 unspecified atom stereocenters. The minimum Gasteiger partial charge on any atom is -0.355 e. The van der Waals surface area contributed by atoms with Crippen LogP contribution in [0.1, 0.15) is 28.4 Å². The lowest BCUT2D eigenvalue weighted by molar-refractivity contribution is -0.120. The molecule has 0 bridgehead atoms. The number of carbonyl (C=O) groups is 2. The Morgan fingerprint density at radius 3 is 2.42 bits per heavy atom. The van der Waals surface area contributed by atoms with Crippen molar-refractivity contribution in [1.29, 1.82) is 0 Å². The van der Waals surface area contributed by atoms with E-state index in [1.807, 2.05) is 31.0 Å². The second kappa shape index (κ2) is 8.58. The third kappa shape index (κ3) is 4.89. The summed E-state index contributed by atoms with van der Waals surface area (Å²) in [5.74, 6) is -0.727. The summed E-state index contributed by atoms with van der Waals surface area (Å²) < 4.78 is 13.4. The average molecular weight is 357 g/mol. The van der Waals surface area contributed by atoms with E-state index < -0.39 is 6.04 Å². The lowest BCUT2D eigenvalue weighted by Crippen LogP contribution is -2.39. The number of hydrogen-bond acceptors (Lipinski definition) is 3. The Morgan fingerprint density at radius 2 is 1.81 bits per heavy atom. The van der Waals surface area contributed by atoms with Gasteiger partial charge in [0.05, 0.1) is 6.04 Å². The molecule has 2 rings (SSSR count). The van der Waals surface area contributed by atoms with Gasteiger partial charge >= 0.3 is 0 Å². The van der Waals surface area contributed by atoms with E-state index in [4.69, 9.17) is 0 Å². The van der Waals surface area contributed by atoms with Gasteiger partial charge in [-0.05, 0) is 56.3 Å². The first kappa shape index (κ1) is 19.6. The number of nitrogens with one attached hydrogen (secondary N) is 2. The van der Waals surface area contributed by atoms with Gasteiger partial charge in [0.1, 0.15) is 5.82 Å². The van der Waals surface area contributed by atoms with E-state index in [1.54, 1.807) is 32.2 Å². The number of carbonyl (C=O) groups excluding carboxylic acids is 2. The predicted octanol–water partition coefficient (Wildman–Crippen LogP) is 2.95. The van der Waals surface area contributed by atoms with Crippen LogP contribution in [0.2, 0.25) is 0 Å². The fourth-order valence-electron chi connectivity index (χ4n) is 2.50. The van der Waals surface area contributed by atoms with E-state index in [1.165, 1.54) is 12.1 Å². The molecule has 0 spiro atoms. The van der Waals surface area contributed by atoms with Crippen molar-refractivity contribution in [3.05, 3.63) is 65.0 Å². The van der Waals surface area contributed by atoms with Crippen molar-refractivity contribution in [1.82, 2.24) is 10.2 Å². The zero-order valence-corrected chi connectivity index (χ0v) is 15.5. The Labute approximate surface area is 153 Å². The molecule has 2 amide bonds. The van der Waals surface area contributed by atoms with Crippen LogP contribution in [0.5, 0.6) is 0 Å². The van der Waals surface area contributed by atoms with Gasteiger partial charge in [-0.2, -0.15) is 0 Å². The highest BCUT2D eigenvalue weighted by Crippen LogP contribution is 2.17. The van der Waals surface area contributed by atoms with E-state index in [2.05, 4.69) is 10.6 Å². The minimum atomic E-state index is -0.406. The molecular formula is C20H24FN3O2. The van der Waals surface area contributed by atoms with Gasteiger partial charge in [0, 0.05) is 24.8 Å². The molecule has 2 aromatic carbocycles. The van der Waals surface area contributed by atoms with Crippen molar-refractivity contribution in [3.63, 3.8) is 0 Å². The molecular weight excluding hydrogens is 333 g/mol. The Bertz CT molecular complexity index is 790. The van der Waals surface area contributed by atoms with Crippen LogP contribution in [-0.2, 0) is 11.3 Å². The van der Waals surface area contributed by atoms with Crippen molar-refractivity contribution in [2.75, 3.05) is 19.4 Å². The first-order valence-electron chi connectivity index (χ1n) is 8.40. The number of anilines is 1. The maximum Gasteiger partial charge on any atom is 0.251 e. The predicted molar refractivity (Wildman–Crippen MR) is 101 cm³/mol. The molecule has 26 heavy (non-hydrogen) atoms. The Morgan fingerprint density at radius 1 is 1.15 bits per heavy atom. The van der Waals surface area contributed by atoms with Crippen LogP contribution in [0, 0.1) is 12.7 Å². The molecule has 0 heterocycles. The van der Waals surface area contributed by atoms with Crippen LogP contribution in [-0.4, -0.2) is 36.9 Å². The maximum atomic E-state index is 13.4. The summed E-state index contributed by atoms with van der Waals surface area (Å²) in [6.45, 7) is 4.16. The van der Waals surface area contributed by atoms with Crippen molar-refractivity contribution < 1.29 is 14.0 Å². The molecule has 0 radical (unpaired) electrons. The van der Waals surface area contributed by atoms with Crippen molar-refractivity contribution in [2.45, 2.75) is 26.4 Å². The average Bonchev–Trinajstić information content (AvgIpc) is 2.63. The number of halogens is 1. The van der Waals surface area contributed by atoms with Crippen molar-refractivity contribution in [3.8, 4) is 0 Å². The zero-order valence-electron chi connectivity index (χ0n) is 15.5. The number of amides is 2. The van der Waals surface area contributed by atoms with Gasteiger partial charge in [-0.15, -0.1) is 0 Å². The largest absolute Gasteiger partial charge is 0.355 e. The third-order valence-electron chi connectivity index (χ3n) is 4.37. The number of hydrogen-bond donors (Lipinski definition) is 2. The molecule has 1 atom stereocenters. The second-order valence-corrected chi connectivity index (χ2v) is 6.32. The zero-order chi connectivity index (χ0) is 19.3. The summed E-state index contributed by atoms with van der Waals surface area (Å²) in [5, 5.41) is 5.35. The number of benzene rings is 2. The summed E-state index contributed by atoms with van der Waals surface area (Å²) in [6.07, 6.45) is 0. The normalized spacial score (nSPS) is 11.9. The minimum absolute atomic E-state index is 0.136. The van der Waals surface area contributed by atoms with E-state index in [-0.39, 0.29) is 17.6 Å². The van der Waals surface area contributed by atoms with Crippen LogP contribution < -0.4 is 10.6 Å². The molecule has 0 aliphatic rings. The summed E-state index contributed by atoms with van der Waals surface area (Å²) in [6, 6.07) is 11.1. The highest BCUT2D eigenvalue weighted by atomic mass is 19.1. The lowest BCUT2D eigenvalue weighted by Gasteiger charge is -2.24. The molecule has 0 aliphatic carbocycles. The number of aryl methyl sites for hydroxylation is 1. The maximum absolute atomic E-state index is 13.4. The molecule has 2 aromatic rings. The van der Waals surface area contributed by atoms with Gasteiger partial charge in [0.2, 0.25) is 5.91 Å². The Balaban J connectivity index is 1.99. The number of likely N-dealkylation sites (N-methyl/N-ethyl adjacent to an activating group) is 1. The topological polar surface area (TPSA) is 61.4 Å². The van der Waals surface area contributed by atoms with E-state index in [0.29, 0.717) is 17.8 Å². The molecule has 2 N–H and O–H groups in total. The quantitative estimate of drug-likeness (QED) is 0.836. The first-order valence-corrected chi connectivity index (χ1v) is 8.40.